The van der Waals surface area contributed by atoms with Crippen molar-refractivity contribution in [1.29, 1.82) is 0 Å². The van der Waals surface area contributed by atoms with Crippen LogP contribution in [-0.2, 0) is 0 Å². The van der Waals surface area contributed by atoms with Gasteiger partial charge in [-0.2, -0.15) is 0 Å². The van der Waals surface area contributed by atoms with Crippen LogP contribution in [-0.4, -0.2) is 23.1 Å². The second kappa shape index (κ2) is 3.50. The number of anilines is 1. The summed E-state index contributed by atoms with van der Waals surface area (Å²) < 4.78 is 0. The van der Waals surface area contributed by atoms with Gasteiger partial charge in [-0.15, -0.1) is 0 Å². The summed E-state index contributed by atoms with van der Waals surface area (Å²) in [5, 5.41) is 1.17. The molecule has 2 heterocycles. The Kier molecular flexibility index (Phi) is 2.02. The molecule has 1 aliphatic heterocycles. The second-order valence-electron chi connectivity index (χ2n) is 3.93. The molecule has 3 heteroatoms. The molecule has 1 aliphatic rings. The molecular weight excluding hydrogens is 186 g/mol. The molecule has 0 aliphatic carbocycles. The third-order valence-electron chi connectivity index (χ3n) is 2.97. The van der Waals surface area contributed by atoms with Crippen LogP contribution in [0, 0.1) is 0 Å². The summed E-state index contributed by atoms with van der Waals surface area (Å²) in [5.74, 6) is 0. The Labute approximate surface area is 88.8 Å². The van der Waals surface area contributed by atoms with E-state index < -0.39 is 0 Å². The zero-order chi connectivity index (χ0) is 10.1. The van der Waals surface area contributed by atoms with Crippen molar-refractivity contribution < 1.29 is 0 Å². The van der Waals surface area contributed by atoms with Gasteiger partial charge in [-0.25, -0.2) is 9.97 Å². The van der Waals surface area contributed by atoms with Crippen LogP contribution in [0.1, 0.15) is 12.8 Å². The van der Waals surface area contributed by atoms with Crippen molar-refractivity contribution in [3.05, 3.63) is 30.7 Å². The summed E-state index contributed by atoms with van der Waals surface area (Å²) in [6.07, 6.45) is 6.11. The highest BCUT2D eigenvalue weighted by Crippen LogP contribution is 2.27. The van der Waals surface area contributed by atoms with Crippen molar-refractivity contribution in [2.24, 2.45) is 0 Å². The smallest absolute Gasteiger partial charge is 0.116 e. The highest BCUT2D eigenvalue weighted by molar-refractivity contribution is 5.91. The van der Waals surface area contributed by atoms with Crippen molar-refractivity contribution in [1.82, 2.24) is 9.97 Å². The van der Waals surface area contributed by atoms with Crippen LogP contribution in [0.5, 0.6) is 0 Å². The molecule has 0 amide bonds. The van der Waals surface area contributed by atoms with Gasteiger partial charge in [0.15, 0.2) is 0 Å². The number of hydrogen-bond acceptors (Lipinski definition) is 3. The van der Waals surface area contributed by atoms with Gasteiger partial charge in [-0.05, 0) is 25.0 Å². The van der Waals surface area contributed by atoms with Crippen LogP contribution >= 0.6 is 0 Å². The summed E-state index contributed by atoms with van der Waals surface area (Å²) in [6.45, 7) is 2.32. The topological polar surface area (TPSA) is 29.0 Å². The lowest BCUT2D eigenvalue weighted by Crippen LogP contribution is -2.17. The Morgan fingerprint density at radius 3 is 2.87 bits per heavy atom. The highest BCUT2D eigenvalue weighted by Gasteiger charge is 2.14. The first-order valence-corrected chi connectivity index (χ1v) is 5.39. The van der Waals surface area contributed by atoms with Crippen LogP contribution in [0.25, 0.3) is 10.9 Å². The van der Waals surface area contributed by atoms with Crippen molar-refractivity contribution in [3.63, 3.8) is 0 Å². The molecule has 0 spiro atoms. The van der Waals surface area contributed by atoms with Gasteiger partial charge < -0.3 is 4.90 Å². The molecule has 1 saturated heterocycles. The van der Waals surface area contributed by atoms with E-state index in [4.69, 9.17) is 0 Å². The first kappa shape index (κ1) is 8.65. The average Bonchev–Trinajstić information content (AvgIpc) is 2.82. The summed E-state index contributed by atoms with van der Waals surface area (Å²) in [6, 6.07) is 6.27. The van der Waals surface area contributed by atoms with Gasteiger partial charge in [0.2, 0.25) is 0 Å². The van der Waals surface area contributed by atoms with Crippen LogP contribution in [0.2, 0.25) is 0 Å². The first-order chi connectivity index (χ1) is 7.45. The summed E-state index contributed by atoms with van der Waals surface area (Å²) in [7, 11) is 0. The van der Waals surface area contributed by atoms with Gasteiger partial charge in [0.1, 0.15) is 6.33 Å². The molecule has 0 atom stereocenters. The summed E-state index contributed by atoms with van der Waals surface area (Å²) in [4.78, 5) is 10.8. The van der Waals surface area contributed by atoms with Gasteiger partial charge in [-0.1, -0.05) is 6.07 Å². The first-order valence-electron chi connectivity index (χ1n) is 5.39. The monoisotopic (exact) mass is 199 g/mol. The third kappa shape index (κ3) is 1.44. The Morgan fingerprint density at radius 1 is 1.13 bits per heavy atom. The standard InChI is InChI=1S/C12H13N3/c1-2-7-15(6-1)12-5-3-4-11-10(12)8-13-9-14-11/h3-5,8-9H,1-2,6-7H2. The summed E-state index contributed by atoms with van der Waals surface area (Å²) >= 11 is 0. The lowest BCUT2D eigenvalue weighted by molar-refractivity contribution is 0.949. The van der Waals surface area contributed by atoms with Crippen molar-refractivity contribution in [2.75, 3.05) is 18.0 Å². The molecule has 0 bridgehead atoms. The second-order valence-corrected chi connectivity index (χ2v) is 3.93. The van der Waals surface area contributed by atoms with E-state index in [1.165, 1.54) is 23.9 Å². The van der Waals surface area contributed by atoms with Gasteiger partial charge >= 0.3 is 0 Å². The number of nitrogens with zero attached hydrogens (tertiary/aromatic N) is 3. The Hall–Kier alpha value is -1.64. The molecule has 2 aromatic rings. The SMILES string of the molecule is c1cc(N2CCCC2)c2cncnc2c1. The lowest BCUT2D eigenvalue weighted by atomic mass is 10.2. The number of aromatic nitrogens is 2. The Balaban J connectivity index is 2.16. The fourth-order valence-electron chi connectivity index (χ4n) is 2.22. The molecule has 0 radical (unpaired) electrons. The van der Waals surface area contributed by atoms with Gasteiger partial charge in [0.05, 0.1) is 5.52 Å². The van der Waals surface area contributed by atoms with Crippen molar-refractivity contribution in [3.8, 4) is 0 Å². The van der Waals surface area contributed by atoms with E-state index in [2.05, 4.69) is 27.0 Å². The lowest BCUT2D eigenvalue weighted by Gasteiger charge is -2.18. The molecule has 15 heavy (non-hydrogen) atoms. The predicted molar refractivity (Wildman–Crippen MR) is 61.0 cm³/mol. The van der Waals surface area contributed by atoms with E-state index in [9.17, 15) is 0 Å². The van der Waals surface area contributed by atoms with E-state index in [0.717, 1.165) is 18.6 Å². The van der Waals surface area contributed by atoms with E-state index in [1.54, 1.807) is 6.33 Å². The molecule has 0 unspecified atom stereocenters. The van der Waals surface area contributed by atoms with Gasteiger partial charge in [-0.3, -0.25) is 0 Å². The Bertz CT molecular complexity index is 470. The van der Waals surface area contributed by atoms with E-state index >= 15 is 0 Å². The maximum absolute atomic E-state index is 4.28. The minimum atomic E-state index is 1.04. The molecule has 1 aromatic carbocycles. The van der Waals surface area contributed by atoms with Crippen LogP contribution in [0.4, 0.5) is 5.69 Å². The molecule has 76 valence electrons. The molecule has 3 rings (SSSR count). The largest absolute Gasteiger partial charge is 0.371 e. The normalized spacial score (nSPS) is 16.1. The fraction of sp³-hybridized carbons (Fsp3) is 0.333. The quantitative estimate of drug-likeness (QED) is 0.705. The zero-order valence-electron chi connectivity index (χ0n) is 8.56. The minimum absolute atomic E-state index is 1.04. The number of rotatable bonds is 1. The maximum atomic E-state index is 4.28. The number of benzene rings is 1. The average molecular weight is 199 g/mol. The van der Waals surface area contributed by atoms with Crippen LogP contribution in [0.15, 0.2) is 30.7 Å². The highest BCUT2D eigenvalue weighted by atomic mass is 15.1. The van der Waals surface area contributed by atoms with Gasteiger partial charge in [0, 0.05) is 30.4 Å². The van der Waals surface area contributed by atoms with Crippen LogP contribution in [0.3, 0.4) is 0 Å². The fourth-order valence-corrected chi connectivity index (χ4v) is 2.22. The molecule has 0 N–H and O–H groups in total. The third-order valence-corrected chi connectivity index (χ3v) is 2.97. The molecular formula is C12H13N3. The molecule has 1 fully saturated rings. The van der Waals surface area contributed by atoms with E-state index in [0.29, 0.717) is 0 Å². The minimum Gasteiger partial charge on any atom is -0.371 e. The van der Waals surface area contributed by atoms with Crippen molar-refractivity contribution >= 4 is 16.6 Å². The van der Waals surface area contributed by atoms with E-state index in [-0.39, 0.29) is 0 Å². The summed E-state index contributed by atoms with van der Waals surface area (Å²) in [5.41, 5.74) is 2.32. The molecule has 1 aromatic heterocycles. The molecule has 3 nitrogen and oxygen atoms in total. The molecule has 0 saturated carbocycles. The zero-order valence-corrected chi connectivity index (χ0v) is 8.56. The van der Waals surface area contributed by atoms with Crippen LogP contribution < -0.4 is 4.90 Å². The van der Waals surface area contributed by atoms with E-state index in [1.807, 2.05) is 12.3 Å². The number of hydrogen-bond donors (Lipinski definition) is 0. The Morgan fingerprint density at radius 2 is 2.00 bits per heavy atom. The van der Waals surface area contributed by atoms with Gasteiger partial charge in [0.25, 0.3) is 0 Å². The predicted octanol–water partition coefficient (Wildman–Crippen LogP) is 2.23. The maximum Gasteiger partial charge on any atom is 0.116 e. The number of fused-ring (bicyclic) bond motifs is 1. The van der Waals surface area contributed by atoms with Crippen molar-refractivity contribution in [2.45, 2.75) is 12.8 Å².